The molecular formula is C11H18O5. The number of carbonyl (C=O) groups is 2. The van der Waals surface area contributed by atoms with Gasteiger partial charge in [-0.1, -0.05) is 13.8 Å². The number of rotatable bonds is 4. The van der Waals surface area contributed by atoms with Crippen LogP contribution < -0.4 is 0 Å². The van der Waals surface area contributed by atoms with Crippen LogP contribution in [0.15, 0.2) is 0 Å². The van der Waals surface area contributed by atoms with E-state index in [0.29, 0.717) is 19.6 Å². The Morgan fingerprint density at radius 3 is 2.44 bits per heavy atom. The highest BCUT2D eigenvalue weighted by atomic mass is 16.7. The normalized spacial score (nSPS) is 21.9. The summed E-state index contributed by atoms with van der Waals surface area (Å²) in [5.41, 5.74) is 0. The zero-order valence-corrected chi connectivity index (χ0v) is 9.89. The van der Waals surface area contributed by atoms with Gasteiger partial charge in [0.15, 0.2) is 0 Å². The van der Waals surface area contributed by atoms with Crippen LogP contribution in [0.4, 0.5) is 0 Å². The fraction of sp³-hybridized carbons (Fsp3) is 0.818. The van der Waals surface area contributed by atoms with E-state index in [9.17, 15) is 9.59 Å². The number of esters is 2. The van der Waals surface area contributed by atoms with Gasteiger partial charge in [-0.3, -0.25) is 9.59 Å². The molecule has 2 atom stereocenters. The van der Waals surface area contributed by atoms with Crippen LogP contribution in [0.3, 0.4) is 0 Å². The minimum atomic E-state index is -0.831. The third-order valence-electron chi connectivity index (χ3n) is 2.30. The molecule has 1 aliphatic rings. The van der Waals surface area contributed by atoms with Crippen molar-refractivity contribution in [1.82, 2.24) is 0 Å². The Hall–Kier alpha value is -1.10. The second-order valence-electron chi connectivity index (χ2n) is 4.16. The van der Waals surface area contributed by atoms with E-state index >= 15 is 0 Å². The lowest BCUT2D eigenvalue weighted by Gasteiger charge is -2.17. The maximum atomic E-state index is 11.5. The van der Waals surface area contributed by atoms with E-state index in [1.54, 1.807) is 13.8 Å². The molecule has 0 saturated carbocycles. The summed E-state index contributed by atoms with van der Waals surface area (Å²) in [5.74, 6) is -1.18. The Balaban J connectivity index is 2.30. The number of ether oxygens (including phenoxy) is 3. The van der Waals surface area contributed by atoms with Crippen molar-refractivity contribution in [3.8, 4) is 0 Å². The molecule has 2 unspecified atom stereocenters. The molecule has 16 heavy (non-hydrogen) atoms. The van der Waals surface area contributed by atoms with Gasteiger partial charge in [0, 0.05) is 13.5 Å². The number of hydrogen-bond acceptors (Lipinski definition) is 5. The van der Waals surface area contributed by atoms with Crippen molar-refractivity contribution in [3.05, 3.63) is 0 Å². The number of hydrogen-bond donors (Lipinski definition) is 0. The lowest BCUT2D eigenvalue weighted by Crippen LogP contribution is -2.27. The predicted molar refractivity (Wildman–Crippen MR) is 55.4 cm³/mol. The summed E-state index contributed by atoms with van der Waals surface area (Å²) >= 11 is 0. The van der Waals surface area contributed by atoms with Crippen LogP contribution in [0.1, 0.15) is 27.2 Å². The minimum Gasteiger partial charge on any atom is -0.425 e. The molecule has 0 radical (unpaired) electrons. The first-order chi connectivity index (χ1) is 7.50. The summed E-state index contributed by atoms with van der Waals surface area (Å²) in [6.07, 6.45) is -0.160. The quantitative estimate of drug-likeness (QED) is 0.535. The molecule has 0 amide bonds. The summed E-state index contributed by atoms with van der Waals surface area (Å²) in [6.45, 7) is 5.96. The lowest BCUT2D eigenvalue weighted by molar-refractivity contribution is -0.189. The highest BCUT2D eigenvalue weighted by molar-refractivity contribution is 5.74. The fourth-order valence-electron chi connectivity index (χ4n) is 1.30. The average molecular weight is 230 g/mol. The Kier molecular flexibility index (Phi) is 4.73. The van der Waals surface area contributed by atoms with Crippen LogP contribution in [-0.2, 0) is 23.8 Å². The second kappa shape index (κ2) is 5.84. The van der Waals surface area contributed by atoms with Crippen LogP contribution in [0.2, 0.25) is 0 Å². The Morgan fingerprint density at radius 2 is 1.94 bits per heavy atom. The molecule has 1 rings (SSSR count). The smallest absolute Gasteiger partial charge is 0.314 e. The van der Waals surface area contributed by atoms with Crippen LogP contribution in [-0.4, -0.2) is 31.4 Å². The van der Waals surface area contributed by atoms with Gasteiger partial charge in [0.1, 0.15) is 0 Å². The third kappa shape index (κ3) is 3.81. The first-order valence-electron chi connectivity index (χ1n) is 5.49. The highest BCUT2D eigenvalue weighted by Crippen LogP contribution is 2.15. The van der Waals surface area contributed by atoms with Gasteiger partial charge >= 0.3 is 11.9 Å². The molecule has 0 aromatic rings. The summed E-state index contributed by atoms with van der Waals surface area (Å²) in [7, 11) is 0. The molecule has 1 heterocycles. The lowest BCUT2D eigenvalue weighted by atomic mass is 10.1. The SMILES string of the molecule is CC(OC(=O)C(C)C)OC(=O)C1CCOC1. The van der Waals surface area contributed by atoms with Crippen LogP contribution >= 0.6 is 0 Å². The monoisotopic (exact) mass is 230 g/mol. The molecule has 92 valence electrons. The van der Waals surface area contributed by atoms with E-state index in [0.717, 1.165) is 0 Å². The maximum Gasteiger partial charge on any atom is 0.314 e. The molecule has 5 heteroatoms. The summed E-state index contributed by atoms with van der Waals surface area (Å²) in [5, 5.41) is 0. The molecule has 1 aliphatic heterocycles. The van der Waals surface area contributed by atoms with Crippen molar-refractivity contribution in [2.24, 2.45) is 11.8 Å². The fourth-order valence-corrected chi connectivity index (χ4v) is 1.30. The van der Waals surface area contributed by atoms with Crippen molar-refractivity contribution >= 4 is 11.9 Å². The van der Waals surface area contributed by atoms with Gasteiger partial charge in [0.05, 0.1) is 18.4 Å². The topological polar surface area (TPSA) is 61.8 Å². The standard InChI is InChI=1S/C11H18O5/c1-7(2)10(12)15-8(3)16-11(13)9-4-5-14-6-9/h7-9H,4-6H2,1-3H3. The van der Waals surface area contributed by atoms with Crippen LogP contribution in [0.5, 0.6) is 0 Å². The zero-order chi connectivity index (χ0) is 12.1. The molecule has 0 aromatic heterocycles. The molecule has 5 nitrogen and oxygen atoms in total. The second-order valence-corrected chi connectivity index (χ2v) is 4.16. The minimum absolute atomic E-state index is 0.222. The number of carbonyl (C=O) groups excluding carboxylic acids is 2. The van der Waals surface area contributed by atoms with E-state index in [4.69, 9.17) is 14.2 Å². The van der Waals surface area contributed by atoms with Gasteiger partial charge in [0.2, 0.25) is 6.29 Å². The summed E-state index contributed by atoms with van der Waals surface area (Å²) in [4.78, 5) is 22.7. The van der Waals surface area contributed by atoms with Gasteiger partial charge in [-0.15, -0.1) is 0 Å². The zero-order valence-electron chi connectivity index (χ0n) is 9.89. The van der Waals surface area contributed by atoms with Crippen molar-refractivity contribution in [2.45, 2.75) is 33.5 Å². The molecule has 1 saturated heterocycles. The predicted octanol–water partition coefficient (Wildman–Crippen LogP) is 1.11. The molecule has 0 aliphatic carbocycles. The molecule has 0 N–H and O–H groups in total. The van der Waals surface area contributed by atoms with E-state index in [1.165, 1.54) is 6.92 Å². The van der Waals surface area contributed by atoms with E-state index < -0.39 is 6.29 Å². The molecular weight excluding hydrogens is 212 g/mol. The van der Waals surface area contributed by atoms with E-state index in [2.05, 4.69) is 0 Å². The molecule has 0 aromatic carbocycles. The summed E-state index contributed by atoms with van der Waals surface area (Å²) in [6, 6.07) is 0. The van der Waals surface area contributed by atoms with Crippen LogP contribution in [0.25, 0.3) is 0 Å². The Bertz CT molecular complexity index is 255. The molecule has 1 fully saturated rings. The van der Waals surface area contributed by atoms with E-state index in [-0.39, 0.29) is 23.8 Å². The Labute approximate surface area is 95.0 Å². The first kappa shape index (κ1) is 13.0. The average Bonchev–Trinajstić information content (AvgIpc) is 2.69. The Morgan fingerprint density at radius 1 is 1.25 bits per heavy atom. The molecule has 0 bridgehead atoms. The highest BCUT2D eigenvalue weighted by Gasteiger charge is 2.27. The maximum absolute atomic E-state index is 11.5. The van der Waals surface area contributed by atoms with Gasteiger partial charge in [-0.2, -0.15) is 0 Å². The molecule has 0 spiro atoms. The first-order valence-corrected chi connectivity index (χ1v) is 5.49. The van der Waals surface area contributed by atoms with E-state index in [1.807, 2.05) is 0 Å². The van der Waals surface area contributed by atoms with Crippen molar-refractivity contribution in [3.63, 3.8) is 0 Å². The van der Waals surface area contributed by atoms with Gasteiger partial charge in [-0.05, 0) is 6.42 Å². The van der Waals surface area contributed by atoms with Crippen molar-refractivity contribution in [2.75, 3.05) is 13.2 Å². The van der Waals surface area contributed by atoms with Gasteiger partial charge in [-0.25, -0.2) is 0 Å². The van der Waals surface area contributed by atoms with Gasteiger partial charge in [0.25, 0.3) is 0 Å². The van der Waals surface area contributed by atoms with Crippen molar-refractivity contribution < 1.29 is 23.8 Å². The van der Waals surface area contributed by atoms with Gasteiger partial charge < -0.3 is 14.2 Å². The summed E-state index contributed by atoms with van der Waals surface area (Å²) < 4.78 is 15.0. The van der Waals surface area contributed by atoms with Crippen molar-refractivity contribution in [1.29, 1.82) is 0 Å². The van der Waals surface area contributed by atoms with Crippen LogP contribution in [0, 0.1) is 11.8 Å². The third-order valence-corrected chi connectivity index (χ3v) is 2.30. The largest absolute Gasteiger partial charge is 0.425 e.